The number of anilines is 1. The minimum Gasteiger partial charge on any atom is -0.449 e. The lowest BCUT2D eigenvalue weighted by Gasteiger charge is -2.14. The molecule has 9 heteroatoms. The highest BCUT2D eigenvalue weighted by atomic mass is 35.5. The van der Waals surface area contributed by atoms with E-state index in [0.29, 0.717) is 5.02 Å². The number of carbonyl (C=O) groups excluding carboxylic acids is 2. The fraction of sp³-hybridized carbons (Fsp3) is 0.133. The van der Waals surface area contributed by atoms with Gasteiger partial charge in [-0.15, -0.1) is 0 Å². The lowest BCUT2D eigenvalue weighted by molar-refractivity contribution is -0.123. The monoisotopic (exact) mass is 406 g/mol. The molecule has 0 spiro atoms. The Labute approximate surface area is 157 Å². The van der Waals surface area contributed by atoms with Crippen molar-refractivity contribution in [2.75, 3.05) is 5.32 Å². The SMILES string of the molecule is CC(OC(=O)c1c(Cl)cccc1Cl)C(=O)Nc1ncc(Cl)cc1Cl. The van der Waals surface area contributed by atoms with Crippen molar-refractivity contribution >= 4 is 64.1 Å². The Morgan fingerprint density at radius 1 is 1.12 bits per heavy atom. The van der Waals surface area contributed by atoms with Crippen LogP contribution in [0.4, 0.5) is 5.82 Å². The van der Waals surface area contributed by atoms with Gasteiger partial charge in [0.25, 0.3) is 5.91 Å². The Balaban J connectivity index is 2.07. The first-order valence-corrected chi connectivity index (χ1v) is 8.07. The Hall–Kier alpha value is -1.53. The number of hydrogen-bond acceptors (Lipinski definition) is 4. The number of benzene rings is 1. The van der Waals surface area contributed by atoms with Crippen molar-refractivity contribution in [3.8, 4) is 0 Å². The van der Waals surface area contributed by atoms with Crippen LogP contribution in [0.25, 0.3) is 0 Å². The Morgan fingerprint density at radius 2 is 1.75 bits per heavy atom. The molecule has 5 nitrogen and oxygen atoms in total. The van der Waals surface area contributed by atoms with Gasteiger partial charge in [0.05, 0.1) is 25.7 Å². The molecule has 0 saturated carbocycles. The maximum Gasteiger partial charge on any atom is 0.341 e. The lowest BCUT2D eigenvalue weighted by Crippen LogP contribution is -2.30. The highest BCUT2D eigenvalue weighted by molar-refractivity contribution is 6.39. The Kier molecular flexibility index (Phi) is 6.29. The average Bonchev–Trinajstić information content (AvgIpc) is 2.49. The topological polar surface area (TPSA) is 68.3 Å². The Morgan fingerprint density at radius 3 is 2.33 bits per heavy atom. The van der Waals surface area contributed by atoms with E-state index in [0.717, 1.165) is 0 Å². The third-order valence-electron chi connectivity index (χ3n) is 2.87. The fourth-order valence-corrected chi connectivity index (χ4v) is 2.67. The molecule has 1 atom stereocenters. The molecule has 1 N–H and O–H groups in total. The zero-order valence-electron chi connectivity index (χ0n) is 12.1. The molecular weight excluding hydrogens is 398 g/mol. The molecule has 0 bridgehead atoms. The smallest absolute Gasteiger partial charge is 0.341 e. The normalized spacial score (nSPS) is 11.7. The van der Waals surface area contributed by atoms with Crippen molar-refractivity contribution in [1.82, 2.24) is 4.98 Å². The van der Waals surface area contributed by atoms with Gasteiger partial charge in [-0.2, -0.15) is 0 Å². The molecule has 0 aliphatic heterocycles. The second-order valence-electron chi connectivity index (χ2n) is 4.62. The van der Waals surface area contributed by atoms with Crippen LogP contribution in [-0.4, -0.2) is 23.0 Å². The third-order valence-corrected chi connectivity index (χ3v) is 3.99. The second-order valence-corrected chi connectivity index (χ2v) is 6.28. The fourth-order valence-electron chi connectivity index (χ4n) is 1.69. The van der Waals surface area contributed by atoms with Gasteiger partial charge in [-0.05, 0) is 25.1 Å². The van der Waals surface area contributed by atoms with Crippen LogP contribution in [0.1, 0.15) is 17.3 Å². The molecule has 2 rings (SSSR count). The van der Waals surface area contributed by atoms with Gasteiger partial charge in [0.2, 0.25) is 0 Å². The number of hydrogen-bond donors (Lipinski definition) is 1. The van der Waals surface area contributed by atoms with Gasteiger partial charge in [0.1, 0.15) is 0 Å². The number of pyridine rings is 1. The standard InChI is InChI=1S/C15H10Cl4N2O3/c1-7(14(22)21-13-11(19)5-8(16)6-20-13)24-15(23)12-9(17)3-2-4-10(12)18/h2-7H,1H3,(H,20,21,22). The average molecular weight is 408 g/mol. The van der Waals surface area contributed by atoms with E-state index in [4.69, 9.17) is 51.1 Å². The quantitative estimate of drug-likeness (QED) is 0.733. The largest absolute Gasteiger partial charge is 0.449 e. The number of ether oxygens (including phenoxy) is 1. The summed E-state index contributed by atoms with van der Waals surface area (Å²) in [7, 11) is 0. The second kappa shape index (κ2) is 8.03. The van der Waals surface area contributed by atoms with E-state index in [1.807, 2.05) is 0 Å². The van der Waals surface area contributed by atoms with E-state index in [9.17, 15) is 9.59 Å². The molecule has 0 fully saturated rings. The molecule has 1 aromatic carbocycles. The molecule has 24 heavy (non-hydrogen) atoms. The highest BCUT2D eigenvalue weighted by Gasteiger charge is 2.23. The molecule has 126 valence electrons. The van der Waals surface area contributed by atoms with Crippen molar-refractivity contribution in [1.29, 1.82) is 0 Å². The number of amides is 1. The van der Waals surface area contributed by atoms with E-state index in [2.05, 4.69) is 10.3 Å². The van der Waals surface area contributed by atoms with Crippen LogP contribution < -0.4 is 5.32 Å². The number of rotatable bonds is 4. The first-order chi connectivity index (χ1) is 11.3. The maximum atomic E-state index is 12.1. The summed E-state index contributed by atoms with van der Waals surface area (Å²) in [6.45, 7) is 1.39. The summed E-state index contributed by atoms with van der Waals surface area (Å²) in [6, 6.07) is 6.00. The minimum absolute atomic E-state index is 0.0110. The first kappa shape index (κ1) is 18.8. The molecule has 1 amide bonds. The molecule has 1 aromatic heterocycles. The molecule has 1 heterocycles. The minimum atomic E-state index is -1.13. The van der Waals surface area contributed by atoms with Crippen LogP contribution in [0.3, 0.4) is 0 Å². The van der Waals surface area contributed by atoms with E-state index in [-0.39, 0.29) is 26.4 Å². The van der Waals surface area contributed by atoms with Gasteiger partial charge < -0.3 is 10.1 Å². The molecule has 1 unspecified atom stereocenters. The van der Waals surface area contributed by atoms with Gasteiger partial charge in [-0.25, -0.2) is 9.78 Å². The molecular formula is C15H10Cl4N2O3. The summed E-state index contributed by atoms with van der Waals surface area (Å²) in [5.74, 6) is -1.34. The first-order valence-electron chi connectivity index (χ1n) is 6.56. The van der Waals surface area contributed by atoms with Gasteiger partial charge in [0.15, 0.2) is 11.9 Å². The van der Waals surface area contributed by atoms with Crippen molar-refractivity contribution in [3.63, 3.8) is 0 Å². The van der Waals surface area contributed by atoms with Crippen LogP contribution in [0.5, 0.6) is 0 Å². The van der Waals surface area contributed by atoms with Crippen LogP contribution in [0.15, 0.2) is 30.5 Å². The predicted octanol–water partition coefficient (Wildman–Crippen LogP) is 4.88. The van der Waals surface area contributed by atoms with Gasteiger partial charge in [-0.3, -0.25) is 4.79 Å². The third kappa shape index (κ3) is 4.51. The highest BCUT2D eigenvalue weighted by Crippen LogP contribution is 2.26. The number of aromatic nitrogens is 1. The predicted molar refractivity (Wildman–Crippen MR) is 94.2 cm³/mol. The summed E-state index contributed by atoms with van der Waals surface area (Å²) in [4.78, 5) is 28.1. The van der Waals surface area contributed by atoms with Crippen LogP contribution in [0, 0.1) is 0 Å². The molecule has 0 aliphatic rings. The zero-order valence-corrected chi connectivity index (χ0v) is 15.2. The number of nitrogens with one attached hydrogen (secondary N) is 1. The maximum absolute atomic E-state index is 12.1. The van der Waals surface area contributed by atoms with Crippen LogP contribution in [-0.2, 0) is 9.53 Å². The van der Waals surface area contributed by atoms with Gasteiger partial charge >= 0.3 is 5.97 Å². The van der Waals surface area contributed by atoms with Crippen molar-refractivity contribution in [2.24, 2.45) is 0 Å². The summed E-state index contributed by atoms with van der Waals surface area (Å²) < 4.78 is 5.08. The number of esters is 1. The summed E-state index contributed by atoms with van der Waals surface area (Å²) in [6.07, 6.45) is 0.196. The number of halogens is 4. The molecule has 2 aromatic rings. The van der Waals surface area contributed by atoms with E-state index in [1.54, 1.807) is 6.07 Å². The van der Waals surface area contributed by atoms with E-state index >= 15 is 0 Å². The summed E-state index contributed by atoms with van der Waals surface area (Å²) >= 11 is 23.5. The molecule has 0 saturated heterocycles. The molecule has 0 aliphatic carbocycles. The van der Waals surface area contributed by atoms with Crippen LogP contribution in [0.2, 0.25) is 20.1 Å². The van der Waals surface area contributed by atoms with Crippen molar-refractivity contribution < 1.29 is 14.3 Å². The number of nitrogens with zero attached hydrogens (tertiary/aromatic N) is 1. The summed E-state index contributed by atoms with van der Waals surface area (Å²) in [5, 5.41) is 3.17. The number of carbonyl (C=O) groups is 2. The lowest BCUT2D eigenvalue weighted by atomic mass is 10.2. The van der Waals surface area contributed by atoms with E-state index < -0.39 is 18.0 Å². The van der Waals surface area contributed by atoms with Crippen molar-refractivity contribution in [2.45, 2.75) is 13.0 Å². The Bertz CT molecular complexity index is 778. The van der Waals surface area contributed by atoms with E-state index in [1.165, 1.54) is 31.3 Å². The van der Waals surface area contributed by atoms with Crippen molar-refractivity contribution in [3.05, 3.63) is 56.1 Å². The zero-order chi connectivity index (χ0) is 17.9. The van der Waals surface area contributed by atoms with Gasteiger partial charge in [0, 0.05) is 6.20 Å². The summed E-state index contributed by atoms with van der Waals surface area (Å²) in [5.41, 5.74) is -0.0110. The van der Waals surface area contributed by atoms with Crippen LogP contribution >= 0.6 is 46.4 Å². The molecule has 0 radical (unpaired) electrons. The van der Waals surface area contributed by atoms with Gasteiger partial charge in [-0.1, -0.05) is 52.5 Å².